The number of imidazole rings is 1. The van der Waals surface area contributed by atoms with Gasteiger partial charge >= 0.3 is 6.18 Å². The number of carboxylic acid groups (broad SMARTS) is 1. The first-order chi connectivity index (χ1) is 8.41. The second kappa shape index (κ2) is 4.13. The van der Waals surface area contributed by atoms with Crippen molar-refractivity contribution in [2.45, 2.75) is 6.18 Å². The molecule has 0 radical (unpaired) electrons. The normalized spacial score (nSPS) is 11.5. The average Bonchev–Trinajstić information content (AvgIpc) is 2.74. The Morgan fingerprint density at radius 1 is 1.28 bits per heavy atom. The number of pyridine rings is 1. The number of aromatic carboxylic acids is 1. The summed E-state index contributed by atoms with van der Waals surface area (Å²) >= 11 is 0. The van der Waals surface area contributed by atoms with Crippen LogP contribution in [0.1, 0.15) is 16.2 Å². The molecule has 0 saturated heterocycles. The minimum absolute atomic E-state index is 0.0789. The fraction of sp³-hybridized carbons (Fsp3) is 0.100. The van der Waals surface area contributed by atoms with Crippen LogP contribution in [0.25, 0.3) is 5.82 Å². The van der Waals surface area contributed by atoms with Crippen LogP contribution in [0.5, 0.6) is 0 Å². The average molecular weight is 256 g/mol. The number of hydrogen-bond donors (Lipinski definition) is 0. The van der Waals surface area contributed by atoms with E-state index < -0.39 is 23.5 Å². The molecule has 18 heavy (non-hydrogen) atoms. The van der Waals surface area contributed by atoms with Gasteiger partial charge in [-0.05, 0) is 12.1 Å². The summed E-state index contributed by atoms with van der Waals surface area (Å²) in [5.41, 5.74) is -2.57. The maximum atomic E-state index is 12.8. The first-order valence-corrected chi connectivity index (χ1v) is 4.68. The molecule has 0 fully saturated rings. The summed E-state index contributed by atoms with van der Waals surface area (Å²) in [5.74, 6) is -2.07. The van der Waals surface area contributed by atoms with Gasteiger partial charge in [0.1, 0.15) is 17.8 Å². The number of aromatic nitrogens is 3. The third-order valence-corrected chi connectivity index (χ3v) is 2.13. The zero-order valence-electron chi connectivity index (χ0n) is 8.68. The van der Waals surface area contributed by atoms with E-state index >= 15 is 0 Å². The van der Waals surface area contributed by atoms with Crippen molar-refractivity contribution in [3.05, 3.63) is 42.1 Å². The number of carbonyl (C=O) groups is 1. The molecule has 0 aliphatic carbocycles. The molecule has 2 heterocycles. The summed E-state index contributed by atoms with van der Waals surface area (Å²) in [7, 11) is 0. The lowest BCUT2D eigenvalue weighted by Gasteiger charge is -2.12. The molecule has 0 saturated carbocycles. The minimum Gasteiger partial charge on any atom is -0.543 e. The van der Waals surface area contributed by atoms with Crippen molar-refractivity contribution in [2.75, 3.05) is 0 Å². The van der Waals surface area contributed by atoms with Gasteiger partial charge in [0.25, 0.3) is 0 Å². The van der Waals surface area contributed by atoms with E-state index in [4.69, 9.17) is 0 Å². The predicted molar refractivity (Wildman–Crippen MR) is 50.7 cm³/mol. The molecule has 0 aliphatic heterocycles. The lowest BCUT2D eigenvalue weighted by atomic mass is 10.3. The third-order valence-electron chi connectivity index (χ3n) is 2.13. The highest BCUT2D eigenvalue weighted by Gasteiger charge is 2.39. The van der Waals surface area contributed by atoms with Gasteiger partial charge in [0.05, 0.1) is 5.97 Å². The van der Waals surface area contributed by atoms with E-state index in [-0.39, 0.29) is 5.82 Å². The van der Waals surface area contributed by atoms with E-state index in [1.54, 1.807) is 0 Å². The molecule has 0 aliphatic rings. The Morgan fingerprint density at radius 2 is 2.00 bits per heavy atom. The number of hydrogen-bond acceptors (Lipinski definition) is 4. The molecule has 94 valence electrons. The number of alkyl halides is 3. The third kappa shape index (κ3) is 2.04. The second-order valence-electron chi connectivity index (χ2n) is 3.28. The van der Waals surface area contributed by atoms with E-state index in [0.717, 1.165) is 6.33 Å². The van der Waals surface area contributed by atoms with E-state index in [1.807, 2.05) is 0 Å². The molecular formula is C10H5F3N3O2-. The van der Waals surface area contributed by atoms with Crippen LogP contribution in [0.15, 0.2) is 30.7 Å². The molecule has 2 rings (SSSR count). The molecule has 0 aromatic carbocycles. The Balaban J connectivity index is 2.67. The highest BCUT2D eigenvalue weighted by Crippen LogP contribution is 2.32. The summed E-state index contributed by atoms with van der Waals surface area (Å²) in [6, 6.07) is 4.30. The first-order valence-electron chi connectivity index (χ1n) is 4.68. The second-order valence-corrected chi connectivity index (χ2v) is 3.28. The van der Waals surface area contributed by atoms with Gasteiger partial charge in [-0.25, -0.2) is 9.97 Å². The summed E-state index contributed by atoms with van der Waals surface area (Å²) in [4.78, 5) is 17.5. The Kier molecular flexibility index (Phi) is 2.77. The molecule has 0 amide bonds. The monoisotopic (exact) mass is 256 g/mol. The van der Waals surface area contributed by atoms with Gasteiger partial charge in [-0.15, -0.1) is 0 Å². The molecule has 5 nitrogen and oxygen atoms in total. The largest absolute Gasteiger partial charge is 0.543 e. The molecular weight excluding hydrogens is 251 g/mol. The quantitative estimate of drug-likeness (QED) is 0.790. The lowest BCUT2D eigenvalue weighted by Crippen LogP contribution is -2.27. The van der Waals surface area contributed by atoms with Gasteiger partial charge in [-0.3, -0.25) is 4.57 Å². The van der Waals surface area contributed by atoms with Crippen molar-refractivity contribution < 1.29 is 23.1 Å². The van der Waals surface area contributed by atoms with Crippen LogP contribution < -0.4 is 5.11 Å². The number of carbonyl (C=O) groups excluding carboxylic acids is 1. The predicted octanol–water partition coefficient (Wildman–Crippen LogP) is 0.650. The Bertz CT molecular complexity index is 578. The van der Waals surface area contributed by atoms with E-state index in [9.17, 15) is 23.1 Å². The zero-order valence-corrected chi connectivity index (χ0v) is 8.68. The van der Waals surface area contributed by atoms with Crippen molar-refractivity contribution in [1.82, 2.24) is 14.5 Å². The van der Waals surface area contributed by atoms with Gasteiger partial charge in [-0.1, -0.05) is 6.07 Å². The van der Waals surface area contributed by atoms with Gasteiger partial charge in [0, 0.05) is 6.20 Å². The highest BCUT2D eigenvalue weighted by atomic mass is 19.4. The number of rotatable bonds is 2. The summed E-state index contributed by atoms with van der Waals surface area (Å²) in [6.07, 6.45) is -2.84. The van der Waals surface area contributed by atoms with Gasteiger partial charge in [0.15, 0.2) is 5.69 Å². The zero-order chi connectivity index (χ0) is 13.3. The Hall–Kier alpha value is -2.38. The Labute approximate surface area is 98.5 Å². The van der Waals surface area contributed by atoms with Crippen LogP contribution in [-0.2, 0) is 6.18 Å². The van der Waals surface area contributed by atoms with Gasteiger partial charge < -0.3 is 9.90 Å². The number of nitrogens with zero attached hydrogens (tertiary/aromatic N) is 3. The fourth-order valence-corrected chi connectivity index (χ4v) is 1.44. The molecule has 0 bridgehead atoms. The lowest BCUT2D eigenvalue weighted by molar-refractivity contribution is -0.256. The minimum atomic E-state index is -4.87. The van der Waals surface area contributed by atoms with Crippen molar-refractivity contribution in [2.24, 2.45) is 0 Å². The van der Waals surface area contributed by atoms with Crippen LogP contribution in [0.4, 0.5) is 13.2 Å². The SMILES string of the molecule is O=C([O-])c1ncn(-c2ccccn2)c1C(F)(F)F. The molecule has 2 aromatic heterocycles. The van der Waals surface area contributed by atoms with E-state index in [2.05, 4.69) is 9.97 Å². The van der Waals surface area contributed by atoms with Crippen LogP contribution in [0, 0.1) is 0 Å². The maximum absolute atomic E-state index is 12.8. The van der Waals surface area contributed by atoms with Crippen LogP contribution in [-0.4, -0.2) is 20.5 Å². The molecule has 0 spiro atoms. The number of halogens is 3. The van der Waals surface area contributed by atoms with Crippen molar-refractivity contribution in [3.63, 3.8) is 0 Å². The first kappa shape index (κ1) is 12.1. The van der Waals surface area contributed by atoms with Crippen LogP contribution in [0.2, 0.25) is 0 Å². The maximum Gasteiger partial charge on any atom is 0.434 e. The standard InChI is InChI=1S/C10H6F3N3O2/c11-10(12,13)8-7(9(17)18)15-5-16(8)6-3-1-2-4-14-6/h1-5H,(H,17,18)/p-1. The van der Waals surface area contributed by atoms with E-state index in [0.29, 0.717) is 4.57 Å². The fourth-order valence-electron chi connectivity index (χ4n) is 1.44. The summed E-state index contributed by atoms with van der Waals surface area (Å²) in [5, 5.41) is 10.6. The van der Waals surface area contributed by atoms with Gasteiger partial charge in [-0.2, -0.15) is 13.2 Å². The molecule has 0 atom stereocenters. The van der Waals surface area contributed by atoms with Crippen molar-refractivity contribution in [3.8, 4) is 5.82 Å². The smallest absolute Gasteiger partial charge is 0.434 e. The van der Waals surface area contributed by atoms with Crippen LogP contribution in [0.3, 0.4) is 0 Å². The van der Waals surface area contributed by atoms with Crippen molar-refractivity contribution in [1.29, 1.82) is 0 Å². The van der Waals surface area contributed by atoms with Crippen LogP contribution >= 0.6 is 0 Å². The summed E-state index contributed by atoms with van der Waals surface area (Å²) < 4.78 is 39.0. The molecule has 0 unspecified atom stereocenters. The van der Waals surface area contributed by atoms with Crippen molar-refractivity contribution >= 4 is 5.97 Å². The molecule has 2 aromatic rings. The Morgan fingerprint density at radius 3 is 2.50 bits per heavy atom. The molecule has 8 heteroatoms. The highest BCUT2D eigenvalue weighted by molar-refractivity contribution is 5.85. The van der Waals surface area contributed by atoms with Gasteiger partial charge in [0.2, 0.25) is 0 Å². The number of carboxylic acids is 1. The topological polar surface area (TPSA) is 70.8 Å². The molecule has 0 N–H and O–H groups in total. The van der Waals surface area contributed by atoms with E-state index in [1.165, 1.54) is 24.4 Å². The summed E-state index contributed by atoms with van der Waals surface area (Å²) in [6.45, 7) is 0.